The van der Waals surface area contributed by atoms with Gasteiger partial charge >= 0.3 is 5.97 Å². The van der Waals surface area contributed by atoms with E-state index in [1.807, 2.05) is 18.2 Å². The van der Waals surface area contributed by atoms with Gasteiger partial charge in [-0.05, 0) is 31.0 Å². The summed E-state index contributed by atoms with van der Waals surface area (Å²) in [5.41, 5.74) is 3.29. The first-order valence-electron chi connectivity index (χ1n) is 6.23. The average molecular weight is 254 g/mol. The number of fused-ring (bicyclic) bond motifs is 1. The van der Waals surface area contributed by atoms with Gasteiger partial charge in [0.15, 0.2) is 0 Å². The zero-order valence-corrected chi connectivity index (χ0v) is 10.6. The Morgan fingerprint density at radius 1 is 1.32 bits per heavy atom. The molecule has 1 aliphatic rings. The minimum Gasteiger partial charge on any atom is -0.478 e. The van der Waals surface area contributed by atoms with Crippen molar-refractivity contribution >= 4 is 17.3 Å². The third-order valence-corrected chi connectivity index (χ3v) is 3.50. The fraction of sp³-hybridized carbons (Fsp3) is 0.200. The van der Waals surface area contributed by atoms with Crippen LogP contribution in [0.4, 0.5) is 11.4 Å². The Kier molecular flexibility index (Phi) is 2.71. The average Bonchev–Trinajstić information content (AvgIpc) is 2.74. The molecule has 0 fully saturated rings. The quantitative estimate of drug-likeness (QED) is 0.895. The van der Waals surface area contributed by atoms with Gasteiger partial charge in [-0.25, -0.2) is 4.79 Å². The standard InChI is InChI=1S/C15H14N2O2/c1-10-8-11-4-2-3-5-13(11)17(10)14-6-7-16-9-12(14)15(18)19/h2-7,9-10H,8H2,1H3,(H,18,19). The van der Waals surface area contributed by atoms with E-state index in [1.54, 1.807) is 12.3 Å². The topological polar surface area (TPSA) is 53.4 Å². The van der Waals surface area contributed by atoms with Gasteiger partial charge in [-0.1, -0.05) is 18.2 Å². The van der Waals surface area contributed by atoms with Crippen LogP contribution < -0.4 is 4.90 Å². The molecule has 0 saturated heterocycles. The van der Waals surface area contributed by atoms with Crippen LogP contribution in [0.5, 0.6) is 0 Å². The number of para-hydroxylation sites is 1. The minimum absolute atomic E-state index is 0.242. The summed E-state index contributed by atoms with van der Waals surface area (Å²) < 4.78 is 0. The summed E-state index contributed by atoms with van der Waals surface area (Å²) in [4.78, 5) is 17.3. The van der Waals surface area contributed by atoms with E-state index < -0.39 is 5.97 Å². The van der Waals surface area contributed by atoms with Crippen LogP contribution in [0, 0.1) is 0 Å². The number of anilines is 2. The normalized spacial score (nSPS) is 17.3. The number of aromatic nitrogens is 1. The third-order valence-electron chi connectivity index (χ3n) is 3.50. The molecular weight excluding hydrogens is 240 g/mol. The van der Waals surface area contributed by atoms with Crippen molar-refractivity contribution < 1.29 is 9.90 Å². The van der Waals surface area contributed by atoms with Crippen LogP contribution in [0.2, 0.25) is 0 Å². The summed E-state index contributed by atoms with van der Waals surface area (Å²) >= 11 is 0. The first-order chi connectivity index (χ1) is 9.18. The molecule has 0 saturated carbocycles. The van der Waals surface area contributed by atoms with Gasteiger partial charge in [0, 0.05) is 24.1 Å². The Labute approximate surface area is 111 Å². The first kappa shape index (κ1) is 11.7. The van der Waals surface area contributed by atoms with Crippen LogP contribution in [-0.2, 0) is 6.42 Å². The molecular formula is C15H14N2O2. The molecule has 4 nitrogen and oxygen atoms in total. The fourth-order valence-corrected chi connectivity index (χ4v) is 2.69. The van der Waals surface area contributed by atoms with E-state index in [2.05, 4.69) is 22.9 Å². The molecule has 1 aromatic heterocycles. The summed E-state index contributed by atoms with van der Waals surface area (Å²) in [5, 5.41) is 9.29. The van der Waals surface area contributed by atoms with Crippen LogP contribution in [0.1, 0.15) is 22.8 Å². The lowest BCUT2D eigenvalue weighted by Gasteiger charge is -2.26. The number of carbonyl (C=O) groups is 1. The van der Waals surface area contributed by atoms with E-state index in [1.165, 1.54) is 11.8 Å². The highest BCUT2D eigenvalue weighted by molar-refractivity contribution is 5.95. The number of carboxylic acid groups (broad SMARTS) is 1. The number of nitrogens with zero attached hydrogens (tertiary/aromatic N) is 2. The van der Waals surface area contributed by atoms with Crippen molar-refractivity contribution in [1.29, 1.82) is 0 Å². The molecule has 1 aliphatic heterocycles. The van der Waals surface area contributed by atoms with Crippen molar-refractivity contribution in [2.24, 2.45) is 0 Å². The molecule has 1 unspecified atom stereocenters. The van der Waals surface area contributed by atoms with Gasteiger partial charge in [0.05, 0.1) is 5.69 Å². The van der Waals surface area contributed by atoms with Crippen molar-refractivity contribution in [3.05, 3.63) is 53.9 Å². The van der Waals surface area contributed by atoms with E-state index in [9.17, 15) is 9.90 Å². The molecule has 0 spiro atoms. The molecule has 1 aromatic carbocycles. The van der Waals surface area contributed by atoms with Crippen LogP contribution in [0.25, 0.3) is 0 Å². The lowest BCUT2D eigenvalue weighted by atomic mass is 10.1. The molecule has 4 heteroatoms. The van der Waals surface area contributed by atoms with Gasteiger partial charge in [0.1, 0.15) is 5.56 Å². The number of benzene rings is 1. The first-order valence-corrected chi connectivity index (χ1v) is 6.23. The maximum Gasteiger partial charge on any atom is 0.339 e. The highest BCUT2D eigenvalue weighted by atomic mass is 16.4. The van der Waals surface area contributed by atoms with Crippen molar-refractivity contribution in [3.8, 4) is 0 Å². The van der Waals surface area contributed by atoms with Gasteiger partial charge in [-0.3, -0.25) is 4.98 Å². The summed E-state index contributed by atoms with van der Waals surface area (Å²) in [6, 6.07) is 10.1. The van der Waals surface area contributed by atoms with E-state index in [0.29, 0.717) is 5.69 Å². The lowest BCUT2D eigenvalue weighted by Crippen LogP contribution is -2.25. The van der Waals surface area contributed by atoms with Crippen molar-refractivity contribution in [3.63, 3.8) is 0 Å². The van der Waals surface area contributed by atoms with Crippen LogP contribution in [0.3, 0.4) is 0 Å². The number of pyridine rings is 1. The molecule has 1 atom stereocenters. The predicted molar refractivity (Wildman–Crippen MR) is 72.9 cm³/mol. The smallest absolute Gasteiger partial charge is 0.339 e. The lowest BCUT2D eigenvalue weighted by molar-refractivity contribution is 0.0697. The summed E-state index contributed by atoms with van der Waals surface area (Å²) in [6.07, 6.45) is 3.97. The number of rotatable bonds is 2. The molecule has 96 valence electrons. The zero-order chi connectivity index (χ0) is 13.4. The molecule has 2 heterocycles. The van der Waals surface area contributed by atoms with Gasteiger partial charge < -0.3 is 10.0 Å². The molecule has 3 rings (SSSR count). The fourth-order valence-electron chi connectivity index (χ4n) is 2.69. The highest BCUT2D eigenvalue weighted by Crippen LogP contribution is 2.39. The number of aromatic carboxylic acids is 1. The number of hydrogen-bond donors (Lipinski definition) is 1. The van der Waals surface area contributed by atoms with E-state index in [4.69, 9.17) is 0 Å². The SMILES string of the molecule is CC1Cc2ccccc2N1c1ccncc1C(=O)O. The van der Waals surface area contributed by atoms with E-state index in [-0.39, 0.29) is 11.6 Å². The summed E-state index contributed by atoms with van der Waals surface area (Å²) in [7, 11) is 0. The number of carboxylic acids is 1. The highest BCUT2D eigenvalue weighted by Gasteiger charge is 2.29. The maximum absolute atomic E-state index is 11.3. The molecule has 0 bridgehead atoms. The van der Waals surface area contributed by atoms with Crippen LogP contribution in [0.15, 0.2) is 42.7 Å². The van der Waals surface area contributed by atoms with E-state index in [0.717, 1.165) is 12.1 Å². The number of hydrogen-bond acceptors (Lipinski definition) is 3. The Morgan fingerprint density at radius 2 is 2.11 bits per heavy atom. The maximum atomic E-state index is 11.3. The molecule has 2 aromatic rings. The molecule has 0 amide bonds. The second-order valence-electron chi connectivity index (χ2n) is 4.75. The Bertz CT molecular complexity index is 640. The summed E-state index contributed by atoms with van der Waals surface area (Å²) in [5.74, 6) is -0.945. The van der Waals surface area contributed by atoms with E-state index >= 15 is 0 Å². The van der Waals surface area contributed by atoms with Crippen LogP contribution >= 0.6 is 0 Å². The predicted octanol–water partition coefficient (Wildman–Crippen LogP) is 2.86. The molecule has 1 N–H and O–H groups in total. The second-order valence-corrected chi connectivity index (χ2v) is 4.75. The largest absolute Gasteiger partial charge is 0.478 e. The monoisotopic (exact) mass is 254 g/mol. The molecule has 19 heavy (non-hydrogen) atoms. The van der Waals surface area contributed by atoms with Crippen molar-refractivity contribution in [1.82, 2.24) is 4.98 Å². The summed E-state index contributed by atoms with van der Waals surface area (Å²) in [6.45, 7) is 2.10. The third kappa shape index (κ3) is 1.85. The molecule has 0 radical (unpaired) electrons. The Balaban J connectivity index is 2.15. The zero-order valence-electron chi connectivity index (χ0n) is 10.6. The second kappa shape index (κ2) is 4.39. The van der Waals surface area contributed by atoms with Crippen molar-refractivity contribution in [2.75, 3.05) is 4.90 Å². The minimum atomic E-state index is -0.945. The Hall–Kier alpha value is -2.36. The van der Waals surface area contributed by atoms with Crippen LogP contribution in [-0.4, -0.2) is 22.1 Å². The van der Waals surface area contributed by atoms with Crippen molar-refractivity contribution in [2.45, 2.75) is 19.4 Å². The van der Waals surface area contributed by atoms with Gasteiger partial charge in [0.25, 0.3) is 0 Å². The van der Waals surface area contributed by atoms with Gasteiger partial charge in [-0.2, -0.15) is 0 Å². The van der Waals surface area contributed by atoms with Gasteiger partial charge in [-0.15, -0.1) is 0 Å². The Morgan fingerprint density at radius 3 is 2.89 bits per heavy atom. The van der Waals surface area contributed by atoms with Gasteiger partial charge in [0.2, 0.25) is 0 Å². The molecule has 0 aliphatic carbocycles.